The molecule has 32 heavy (non-hydrogen) atoms. The van der Waals surface area contributed by atoms with E-state index in [2.05, 4.69) is 12.2 Å². The number of aromatic nitrogens is 2. The Hall–Kier alpha value is -3.12. The summed E-state index contributed by atoms with van der Waals surface area (Å²) in [6.45, 7) is 3.26. The van der Waals surface area contributed by atoms with Crippen molar-refractivity contribution in [3.8, 4) is 5.75 Å². The standard InChI is InChI=1S/C26H27N3O2S/c1-2-16-29-25(30)23-21-10-6-7-11-22(21)32-24(23)28-26(29)27-19-12-14-20(15-13-19)31-17-18-8-4-3-5-9-18/h3-5,8-9,12-15H,2,6-7,10-11,16-17H2,1H3,(H,27,28). The van der Waals surface area contributed by atoms with Gasteiger partial charge in [0.05, 0.1) is 5.39 Å². The molecule has 0 spiro atoms. The molecule has 0 amide bonds. The van der Waals surface area contributed by atoms with Crippen molar-refractivity contribution in [2.24, 2.45) is 0 Å². The van der Waals surface area contributed by atoms with Gasteiger partial charge in [-0.1, -0.05) is 37.3 Å². The lowest BCUT2D eigenvalue weighted by Crippen LogP contribution is -2.24. The molecule has 6 heteroatoms. The maximum absolute atomic E-state index is 13.4. The Morgan fingerprint density at radius 1 is 1.06 bits per heavy atom. The van der Waals surface area contributed by atoms with E-state index >= 15 is 0 Å². The van der Waals surface area contributed by atoms with E-state index in [4.69, 9.17) is 9.72 Å². The molecule has 5 nitrogen and oxygen atoms in total. The second kappa shape index (κ2) is 9.17. The summed E-state index contributed by atoms with van der Waals surface area (Å²) < 4.78 is 7.68. The number of thiophene rings is 1. The number of hydrogen-bond acceptors (Lipinski definition) is 5. The first-order chi connectivity index (χ1) is 15.7. The first-order valence-corrected chi connectivity index (χ1v) is 12.1. The summed E-state index contributed by atoms with van der Waals surface area (Å²) in [6, 6.07) is 17.9. The molecule has 5 rings (SSSR count). The lowest BCUT2D eigenvalue weighted by atomic mass is 9.97. The van der Waals surface area contributed by atoms with Crippen LogP contribution in [-0.2, 0) is 26.0 Å². The van der Waals surface area contributed by atoms with Crippen molar-refractivity contribution >= 4 is 33.2 Å². The number of nitrogens with one attached hydrogen (secondary N) is 1. The van der Waals surface area contributed by atoms with Crippen LogP contribution in [0.3, 0.4) is 0 Å². The highest BCUT2D eigenvalue weighted by molar-refractivity contribution is 7.18. The second-order valence-corrected chi connectivity index (χ2v) is 9.29. The molecule has 1 aliphatic carbocycles. The fourth-order valence-corrected chi connectivity index (χ4v) is 5.52. The van der Waals surface area contributed by atoms with Crippen molar-refractivity contribution in [1.29, 1.82) is 0 Å². The van der Waals surface area contributed by atoms with E-state index < -0.39 is 0 Å². The highest BCUT2D eigenvalue weighted by Crippen LogP contribution is 2.34. The van der Waals surface area contributed by atoms with Gasteiger partial charge < -0.3 is 10.1 Å². The van der Waals surface area contributed by atoms with Crippen molar-refractivity contribution in [2.75, 3.05) is 5.32 Å². The van der Waals surface area contributed by atoms with E-state index in [1.165, 1.54) is 16.9 Å². The lowest BCUT2D eigenvalue weighted by Gasteiger charge is -2.15. The zero-order valence-electron chi connectivity index (χ0n) is 18.3. The number of aryl methyl sites for hydroxylation is 2. The van der Waals surface area contributed by atoms with Gasteiger partial charge in [-0.25, -0.2) is 4.98 Å². The van der Waals surface area contributed by atoms with E-state index in [9.17, 15) is 4.79 Å². The van der Waals surface area contributed by atoms with Crippen molar-refractivity contribution in [3.05, 3.63) is 81.0 Å². The van der Waals surface area contributed by atoms with Crippen molar-refractivity contribution in [3.63, 3.8) is 0 Å². The predicted octanol–water partition coefficient (Wildman–Crippen LogP) is 6.07. The van der Waals surface area contributed by atoms with Gasteiger partial charge in [0.1, 0.15) is 17.2 Å². The largest absolute Gasteiger partial charge is 0.489 e. The van der Waals surface area contributed by atoms with Crippen LogP contribution in [0.2, 0.25) is 0 Å². The monoisotopic (exact) mass is 445 g/mol. The molecule has 0 aliphatic heterocycles. The maximum Gasteiger partial charge on any atom is 0.263 e. The van der Waals surface area contributed by atoms with Gasteiger partial charge in [-0.3, -0.25) is 9.36 Å². The minimum atomic E-state index is 0.0848. The highest BCUT2D eigenvalue weighted by Gasteiger charge is 2.22. The van der Waals surface area contributed by atoms with Crippen LogP contribution in [0.4, 0.5) is 11.6 Å². The predicted molar refractivity (Wildman–Crippen MR) is 131 cm³/mol. The average molecular weight is 446 g/mol. The summed E-state index contributed by atoms with van der Waals surface area (Å²) >= 11 is 1.69. The smallest absolute Gasteiger partial charge is 0.263 e. The summed E-state index contributed by atoms with van der Waals surface area (Å²) in [6.07, 6.45) is 5.30. The Kier molecular flexibility index (Phi) is 5.95. The minimum Gasteiger partial charge on any atom is -0.489 e. The summed E-state index contributed by atoms with van der Waals surface area (Å²) in [7, 11) is 0. The number of rotatable bonds is 7. The second-order valence-electron chi connectivity index (χ2n) is 8.21. The first-order valence-electron chi connectivity index (χ1n) is 11.3. The Bertz CT molecular complexity index is 1280. The molecule has 1 aliphatic rings. The zero-order chi connectivity index (χ0) is 21.9. The number of nitrogens with zero attached hydrogens (tertiary/aromatic N) is 2. The number of benzene rings is 2. The van der Waals surface area contributed by atoms with E-state index in [-0.39, 0.29) is 5.56 Å². The Labute approximate surface area is 191 Å². The summed E-state index contributed by atoms with van der Waals surface area (Å²) in [5.41, 5.74) is 3.34. The summed E-state index contributed by atoms with van der Waals surface area (Å²) in [5, 5.41) is 4.22. The van der Waals surface area contributed by atoms with Gasteiger partial charge in [-0.15, -0.1) is 11.3 Å². The molecule has 0 unspecified atom stereocenters. The Balaban J connectivity index is 1.40. The number of anilines is 2. The number of hydrogen-bond donors (Lipinski definition) is 1. The minimum absolute atomic E-state index is 0.0848. The summed E-state index contributed by atoms with van der Waals surface area (Å²) in [4.78, 5) is 20.5. The molecular weight excluding hydrogens is 418 g/mol. The van der Waals surface area contributed by atoms with Crippen LogP contribution in [0, 0.1) is 0 Å². The van der Waals surface area contributed by atoms with Crippen LogP contribution < -0.4 is 15.6 Å². The molecule has 0 bridgehead atoms. The van der Waals surface area contributed by atoms with Gasteiger partial charge in [0.2, 0.25) is 5.95 Å². The molecule has 2 aromatic heterocycles. The lowest BCUT2D eigenvalue weighted by molar-refractivity contribution is 0.306. The normalized spacial score (nSPS) is 13.2. The van der Waals surface area contributed by atoms with E-state index in [1.807, 2.05) is 54.6 Å². The molecule has 4 aromatic rings. The molecule has 164 valence electrons. The van der Waals surface area contributed by atoms with Gasteiger partial charge in [-0.2, -0.15) is 0 Å². The van der Waals surface area contributed by atoms with Crippen molar-refractivity contribution in [1.82, 2.24) is 9.55 Å². The fraction of sp³-hybridized carbons (Fsp3) is 0.308. The van der Waals surface area contributed by atoms with E-state index in [0.29, 0.717) is 19.1 Å². The van der Waals surface area contributed by atoms with Gasteiger partial charge in [0, 0.05) is 17.1 Å². The van der Waals surface area contributed by atoms with Crippen molar-refractivity contribution in [2.45, 2.75) is 52.2 Å². The van der Waals surface area contributed by atoms with E-state index in [0.717, 1.165) is 52.9 Å². The Morgan fingerprint density at radius 3 is 2.62 bits per heavy atom. The van der Waals surface area contributed by atoms with Gasteiger partial charge >= 0.3 is 0 Å². The van der Waals surface area contributed by atoms with Gasteiger partial charge in [-0.05, 0) is 67.5 Å². The topological polar surface area (TPSA) is 56.1 Å². The van der Waals surface area contributed by atoms with Crippen LogP contribution in [0.25, 0.3) is 10.2 Å². The van der Waals surface area contributed by atoms with Crippen LogP contribution >= 0.6 is 11.3 Å². The third kappa shape index (κ3) is 4.15. The highest BCUT2D eigenvalue weighted by atomic mass is 32.1. The summed E-state index contributed by atoms with van der Waals surface area (Å²) in [5.74, 6) is 1.42. The van der Waals surface area contributed by atoms with Gasteiger partial charge in [0.25, 0.3) is 5.56 Å². The van der Waals surface area contributed by atoms with Crippen LogP contribution in [0.5, 0.6) is 5.75 Å². The van der Waals surface area contributed by atoms with Crippen LogP contribution in [0.1, 0.15) is 42.2 Å². The SMILES string of the molecule is CCCn1c(Nc2ccc(OCc3ccccc3)cc2)nc2sc3c(c2c1=O)CCCC3. The maximum atomic E-state index is 13.4. The number of fused-ring (bicyclic) bond motifs is 3. The molecule has 2 heterocycles. The molecule has 0 fully saturated rings. The quantitative estimate of drug-likeness (QED) is 0.375. The molecule has 1 N–H and O–H groups in total. The molecule has 2 aromatic carbocycles. The molecular formula is C26H27N3O2S. The van der Waals surface area contributed by atoms with E-state index in [1.54, 1.807) is 15.9 Å². The zero-order valence-corrected chi connectivity index (χ0v) is 19.1. The fourth-order valence-electron chi connectivity index (χ4n) is 4.27. The third-order valence-electron chi connectivity index (χ3n) is 5.88. The van der Waals surface area contributed by atoms with Gasteiger partial charge in [0.15, 0.2) is 0 Å². The molecule has 0 saturated heterocycles. The molecule has 0 radical (unpaired) electrons. The average Bonchev–Trinajstić information content (AvgIpc) is 3.20. The van der Waals surface area contributed by atoms with Crippen LogP contribution in [-0.4, -0.2) is 9.55 Å². The van der Waals surface area contributed by atoms with Crippen molar-refractivity contribution < 1.29 is 4.74 Å². The Morgan fingerprint density at radius 2 is 1.84 bits per heavy atom. The first kappa shape index (κ1) is 20.8. The molecule has 0 saturated carbocycles. The third-order valence-corrected chi connectivity index (χ3v) is 7.07. The molecule has 0 atom stereocenters. The van der Waals surface area contributed by atoms with Crippen LogP contribution in [0.15, 0.2) is 59.4 Å². The number of ether oxygens (including phenoxy) is 1.